The third-order valence-electron chi connectivity index (χ3n) is 2.27. The normalized spacial score (nSPS) is 10.3. The molecule has 3 nitrogen and oxygen atoms in total. The van der Waals surface area contributed by atoms with E-state index in [1.165, 1.54) is 11.3 Å². The van der Waals surface area contributed by atoms with Gasteiger partial charge in [0, 0.05) is 5.56 Å². The first kappa shape index (κ1) is 9.98. The lowest BCUT2D eigenvalue weighted by molar-refractivity contribution is 0.413. The fourth-order valence-corrected chi connectivity index (χ4v) is 2.11. The highest BCUT2D eigenvalue weighted by Gasteiger charge is 2.12. The van der Waals surface area contributed by atoms with Crippen molar-refractivity contribution in [2.45, 2.75) is 6.92 Å². The van der Waals surface area contributed by atoms with E-state index in [-0.39, 0.29) is 0 Å². The van der Waals surface area contributed by atoms with Gasteiger partial charge in [-0.15, -0.1) is 11.3 Å². The van der Waals surface area contributed by atoms with Crippen LogP contribution in [0, 0.1) is 6.92 Å². The summed E-state index contributed by atoms with van der Waals surface area (Å²) in [5.41, 5.74) is 10.4. The van der Waals surface area contributed by atoms with Gasteiger partial charge in [0.25, 0.3) is 0 Å². The Morgan fingerprint density at radius 1 is 1.40 bits per heavy atom. The Kier molecular flexibility index (Phi) is 2.60. The van der Waals surface area contributed by atoms with Crippen molar-refractivity contribution in [2.75, 3.05) is 12.8 Å². The molecule has 78 valence electrons. The van der Waals surface area contributed by atoms with Crippen molar-refractivity contribution in [3.63, 3.8) is 0 Å². The predicted octanol–water partition coefficient (Wildman–Crippen LogP) is 2.71. The van der Waals surface area contributed by atoms with Crippen LogP contribution in [0.15, 0.2) is 23.7 Å². The predicted molar refractivity (Wildman–Crippen MR) is 63.3 cm³/mol. The van der Waals surface area contributed by atoms with Crippen molar-refractivity contribution >= 4 is 16.3 Å². The van der Waals surface area contributed by atoms with E-state index in [0.717, 1.165) is 27.6 Å². The number of nitrogens with zero attached hydrogens (tertiary/aromatic N) is 1. The molecule has 0 saturated carbocycles. The summed E-state index contributed by atoms with van der Waals surface area (Å²) in [5, 5.41) is 0.721. The molecule has 0 unspecified atom stereocenters. The maximum atomic E-state index is 5.85. The number of nitrogen functional groups attached to an aromatic ring is 1. The quantitative estimate of drug-likeness (QED) is 0.846. The lowest BCUT2D eigenvalue weighted by Gasteiger charge is -2.09. The Hall–Kier alpha value is -1.55. The number of para-hydroxylation sites is 1. The maximum Gasteiger partial charge on any atom is 0.131 e. The second-order valence-electron chi connectivity index (χ2n) is 3.22. The topological polar surface area (TPSA) is 48.1 Å². The molecule has 0 aliphatic carbocycles. The highest BCUT2D eigenvalue weighted by atomic mass is 32.1. The van der Waals surface area contributed by atoms with Gasteiger partial charge in [0.05, 0.1) is 12.6 Å². The zero-order valence-corrected chi connectivity index (χ0v) is 9.47. The number of nitrogens with two attached hydrogens (primary N) is 1. The number of benzene rings is 1. The molecule has 0 amide bonds. The van der Waals surface area contributed by atoms with Crippen molar-refractivity contribution in [2.24, 2.45) is 0 Å². The van der Waals surface area contributed by atoms with Crippen LogP contribution < -0.4 is 10.5 Å². The van der Waals surface area contributed by atoms with E-state index in [1.54, 1.807) is 12.6 Å². The molecule has 0 saturated heterocycles. The number of aromatic nitrogens is 1. The van der Waals surface area contributed by atoms with Crippen molar-refractivity contribution in [1.29, 1.82) is 0 Å². The van der Waals surface area contributed by atoms with Gasteiger partial charge in [-0.2, -0.15) is 0 Å². The van der Waals surface area contributed by atoms with E-state index in [9.17, 15) is 0 Å². The Morgan fingerprint density at radius 2 is 2.20 bits per heavy atom. The summed E-state index contributed by atoms with van der Waals surface area (Å²) < 4.78 is 5.36. The first-order valence-electron chi connectivity index (χ1n) is 4.57. The molecule has 1 aromatic carbocycles. The Balaban J connectivity index is 2.63. The van der Waals surface area contributed by atoms with E-state index in [0.29, 0.717) is 0 Å². The van der Waals surface area contributed by atoms with Gasteiger partial charge in [0.2, 0.25) is 0 Å². The SMILES string of the molecule is COc1c(C)cccc1-c1ncsc1N. The standard InChI is InChI=1S/C11H12N2OS/c1-7-4-3-5-8(10(7)14-2)9-11(12)15-6-13-9/h3-6H,12H2,1-2H3. The average molecular weight is 220 g/mol. The van der Waals surface area contributed by atoms with Gasteiger partial charge in [-0.25, -0.2) is 4.98 Å². The average Bonchev–Trinajstić information content (AvgIpc) is 2.64. The summed E-state index contributed by atoms with van der Waals surface area (Å²) in [4.78, 5) is 4.25. The minimum absolute atomic E-state index is 0.721. The van der Waals surface area contributed by atoms with Gasteiger partial charge >= 0.3 is 0 Å². The van der Waals surface area contributed by atoms with Crippen LogP contribution >= 0.6 is 11.3 Å². The summed E-state index contributed by atoms with van der Waals surface area (Å²) in [5.74, 6) is 0.843. The number of aryl methyl sites for hydroxylation is 1. The second kappa shape index (κ2) is 3.90. The molecule has 0 atom stereocenters. The molecule has 2 N–H and O–H groups in total. The Labute approximate surface area is 92.5 Å². The number of anilines is 1. The molecule has 2 aromatic rings. The van der Waals surface area contributed by atoms with Crippen LogP contribution in [0.2, 0.25) is 0 Å². The van der Waals surface area contributed by atoms with Gasteiger partial charge < -0.3 is 10.5 Å². The molecular formula is C11H12N2OS. The van der Waals surface area contributed by atoms with Crippen LogP contribution in [0.1, 0.15) is 5.56 Å². The van der Waals surface area contributed by atoms with Gasteiger partial charge in [-0.1, -0.05) is 12.1 Å². The summed E-state index contributed by atoms with van der Waals surface area (Å²) in [6, 6.07) is 5.95. The van der Waals surface area contributed by atoms with Crippen LogP contribution in [0.5, 0.6) is 5.75 Å². The van der Waals surface area contributed by atoms with Crippen LogP contribution in [0.4, 0.5) is 5.00 Å². The molecule has 1 heterocycles. The minimum Gasteiger partial charge on any atom is -0.496 e. The molecule has 1 aromatic heterocycles. The molecule has 0 aliphatic rings. The molecule has 15 heavy (non-hydrogen) atoms. The number of thiazole rings is 1. The smallest absolute Gasteiger partial charge is 0.131 e. The first-order valence-corrected chi connectivity index (χ1v) is 5.45. The zero-order valence-electron chi connectivity index (χ0n) is 8.65. The summed E-state index contributed by atoms with van der Waals surface area (Å²) in [7, 11) is 1.66. The molecule has 0 bridgehead atoms. The molecule has 0 radical (unpaired) electrons. The Morgan fingerprint density at radius 3 is 2.80 bits per heavy atom. The highest BCUT2D eigenvalue weighted by Crippen LogP contribution is 2.36. The number of ether oxygens (including phenoxy) is 1. The monoisotopic (exact) mass is 220 g/mol. The van der Waals surface area contributed by atoms with Crippen LogP contribution in [0.25, 0.3) is 11.3 Å². The van der Waals surface area contributed by atoms with Crippen LogP contribution in [0.3, 0.4) is 0 Å². The van der Waals surface area contributed by atoms with Gasteiger partial charge in [-0.05, 0) is 18.6 Å². The van der Waals surface area contributed by atoms with E-state index in [2.05, 4.69) is 4.98 Å². The number of methoxy groups -OCH3 is 1. The molecule has 0 spiro atoms. The number of rotatable bonds is 2. The molecule has 0 aliphatic heterocycles. The van der Waals surface area contributed by atoms with Crippen molar-refractivity contribution in [3.8, 4) is 17.0 Å². The largest absolute Gasteiger partial charge is 0.496 e. The Bertz CT molecular complexity index is 479. The minimum atomic E-state index is 0.721. The lowest BCUT2D eigenvalue weighted by Crippen LogP contribution is -1.93. The van der Waals surface area contributed by atoms with Crippen molar-refractivity contribution < 1.29 is 4.74 Å². The van der Waals surface area contributed by atoms with Gasteiger partial charge in [0.1, 0.15) is 16.4 Å². The van der Waals surface area contributed by atoms with Crippen molar-refractivity contribution in [3.05, 3.63) is 29.3 Å². The van der Waals surface area contributed by atoms with Crippen LogP contribution in [-0.4, -0.2) is 12.1 Å². The van der Waals surface area contributed by atoms with Crippen molar-refractivity contribution in [1.82, 2.24) is 4.98 Å². The van der Waals surface area contributed by atoms with Crippen LogP contribution in [-0.2, 0) is 0 Å². The summed E-state index contributed by atoms with van der Waals surface area (Å²) in [6.07, 6.45) is 0. The summed E-state index contributed by atoms with van der Waals surface area (Å²) >= 11 is 1.44. The van der Waals surface area contributed by atoms with E-state index in [4.69, 9.17) is 10.5 Å². The molecular weight excluding hydrogens is 208 g/mol. The third kappa shape index (κ3) is 1.68. The zero-order chi connectivity index (χ0) is 10.8. The van der Waals surface area contributed by atoms with E-state index < -0.39 is 0 Å². The maximum absolute atomic E-state index is 5.85. The molecule has 2 rings (SSSR count). The molecule has 0 fully saturated rings. The fraction of sp³-hybridized carbons (Fsp3) is 0.182. The first-order chi connectivity index (χ1) is 7.24. The fourth-order valence-electron chi connectivity index (χ4n) is 1.57. The second-order valence-corrected chi connectivity index (χ2v) is 4.11. The summed E-state index contributed by atoms with van der Waals surface area (Å²) in [6.45, 7) is 2.00. The van der Waals surface area contributed by atoms with E-state index >= 15 is 0 Å². The molecule has 4 heteroatoms. The van der Waals surface area contributed by atoms with Gasteiger partial charge in [-0.3, -0.25) is 0 Å². The van der Waals surface area contributed by atoms with Gasteiger partial charge in [0.15, 0.2) is 0 Å². The third-order valence-corrected chi connectivity index (χ3v) is 2.92. The lowest BCUT2D eigenvalue weighted by atomic mass is 10.1. The number of hydrogen-bond acceptors (Lipinski definition) is 4. The highest BCUT2D eigenvalue weighted by molar-refractivity contribution is 7.14. The van der Waals surface area contributed by atoms with E-state index in [1.807, 2.05) is 25.1 Å². The number of hydrogen-bond donors (Lipinski definition) is 1.